The Morgan fingerprint density at radius 2 is 1.82 bits per heavy atom. The lowest BCUT2D eigenvalue weighted by Gasteiger charge is -2.01. The van der Waals surface area contributed by atoms with Crippen molar-refractivity contribution in [3.05, 3.63) is 33.8 Å². The van der Waals surface area contributed by atoms with Gasteiger partial charge in [0.05, 0.1) is 16.0 Å². The van der Waals surface area contributed by atoms with E-state index < -0.39 is 17.8 Å². The second kappa shape index (κ2) is 4.31. The summed E-state index contributed by atoms with van der Waals surface area (Å²) in [4.78, 5) is 22.9. The first-order chi connectivity index (χ1) is 7.93. The molecule has 0 amide bonds. The molecule has 0 spiro atoms. The molecule has 3 nitrogen and oxygen atoms in total. The van der Waals surface area contributed by atoms with Crippen LogP contribution in [0.25, 0.3) is 0 Å². The van der Waals surface area contributed by atoms with Crippen LogP contribution in [0, 0.1) is 17.8 Å². The Morgan fingerprint density at radius 1 is 1.18 bits per heavy atom. The molecular weight excluding hydrogens is 263 g/mol. The minimum absolute atomic E-state index is 0.116. The molecule has 1 fully saturated rings. The predicted molar refractivity (Wildman–Crippen MR) is 64.6 cm³/mol. The van der Waals surface area contributed by atoms with E-state index in [1.807, 2.05) is 0 Å². The highest BCUT2D eigenvalue weighted by Gasteiger charge is 2.56. The Labute approximate surface area is 108 Å². The van der Waals surface area contributed by atoms with Crippen LogP contribution in [0.3, 0.4) is 0 Å². The lowest BCUT2D eigenvalue weighted by atomic mass is 10.1. The van der Waals surface area contributed by atoms with Crippen LogP contribution in [0.1, 0.15) is 17.3 Å². The SMILES string of the molecule is C[C@H]1[C@H](C(=O)O)[C@H]1C(=O)c1ccc(Cl)c(Cl)c1. The summed E-state index contributed by atoms with van der Waals surface area (Å²) < 4.78 is 0. The second-order valence-corrected chi connectivity index (χ2v) is 5.06. The molecule has 0 radical (unpaired) electrons. The number of halogens is 2. The average Bonchev–Trinajstić information content (AvgIpc) is 2.93. The molecule has 2 rings (SSSR count). The zero-order chi connectivity index (χ0) is 12.7. The van der Waals surface area contributed by atoms with Crippen LogP contribution < -0.4 is 0 Å². The fraction of sp³-hybridized carbons (Fsp3) is 0.333. The van der Waals surface area contributed by atoms with Crippen LogP contribution in [0.4, 0.5) is 0 Å². The summed E-state index contributed by atoms with van der Waals surface area (Å²) in [6.45, 7) is 1.76. The van der Waals surface area contributed by atoms with Gasteiger partial charge in [-0.1, -0.05) is 30.1 Å². The number of hydrogen-bond acceptors (Lipinski definition) is 2. The Hall–Kier alpha value is -1.06. The molecule has 17 heavy (non-hydrogen) atoms. The van der Waals surface area contributed by atoms with E-state index in [4.69, 9.17) is 28.3 Å². The van der Waals surface area contributed by atoms with Crippen LogP contribution >= 0.6 is 23.2 Å². The summed E-state index contributed by atoms with van der Waals surface area (Å²) in [7, 11) is 0. The molecule has 3 atom stereocenters. The Bertz CT molecular complexity index is 499. The standard InChI is InChI=1S/C12H10Cl2O3/c1-5-9(10(5)12(16)17)11(15)6-2-3-7(13)8(14)4-6/h2-5,9-10H,1H3,(H,16,17)/t5-,9+,10+/m1/s1. The maximum absolute atomic E-state index is 12.0. The number of carbonyl (C=O) groups is 2. The molecule has 1 aliphatic rings. The number of carboxylic acid groups (broad SMARTS) is 1. The van der Waals surface area contributed by atoms with E-state index in [-0.39, 0.29) is 11.7 Å². The van der Waals surface area contributed by atoms with Gasteiger partial charge in [-0.15, -0.1) is 0 Å². The monoisotopic (exact) mass is 272 g/mol. The van der Waals surface area contributed by atoms with Crippen LogP contribution in [0.2, 0.25) is 10.0 Å². The van der Waals surface area contributed by atoms with E-state index in [9.17, 15) is 9.59 Å². The molecule has 90 valence electrons. The second-order valence-electron chi connectivity index (χ2n) is 4.24. The van der Waals surface area contributed by atoms with Gasteiger partial charge in [0.1, 0.15) is 0 Å². The number of hydrogen-bond donors (Lipinski definition) is 1. The van der Waals surface area contributed by atoms with Gasteiger partial charge in [-0.2, -0.15) is 0 Å². The third kappa shape index (κ3) is 2.17. The molecule has 1 aromatic rings. The van der Waals surface area contributed by atoms with Gasteiger partial charge in [0.2, 0.25) is 0 Å². The molecule has 0 heterocycles. The first-order valence-electron chi connectivity index (χ1n) is 5.15. The zero-order valence-electron chi connectivity index (χ0n) is 8.98. The van der Waals surface area contributed by atoms with Gasteiger partial charge in [0.15, 0.2) is 5.78 Å². The van der Waals surface area contributed by atoms with Crippen molar-refractivity contribution in [1.29, 1.82) is 0 Å². The Morgan fingerprint density at radius 3 is 2.29 bits per heavy atom. The number of Topliss-reactive ketones (excluding diaryl/α,β-unsaturated/α-hetero) is 1. The predicted octanol–water partition coefficient (Wildman–Crippen LogP) is 3.14. The Kier molecular flexibility index (Phi) is 3.15. The molecule has 0 unspecified atom stereocenters. The summed E-state index contributed by atoms with van der Waals surface area (Å²) in [5, 5.41) is 9.57. The van der Waals surface area contributed by atoms with Crippen LogP contribution in [0.15, 0.2) is 18.2 Å². The first kappa shape index (κ1) is 12.4. The summed E-state index contributed by atoms with van der Waals surface area (Å²) in [6, 6.07) is 4.59. The third-order valence-corrected chi connectivity index (χ3v) is 3.91. The van der Waals surface area contributed by atoms with Gasteiger partial charge in [0, 0.05) is 11.5 Å². The molecule has 0 aromatic heterocycles. The highest BCUT2D eigenvalue weighted by Crippen LogP contribution is 2.48. The number of rotatable bonds is 3. The minimum Gasteiger partial charge on any atom is -0.481 e. The minimum atomic E-state index is -0.920. The lowest BCUT2D eigenvalue weighted by molar-refractivity contribution is -0.139. The van der Waals surface area contributed by atoms with E-state index in [1.54, 1.807) is 19.1 Å². The fourth-order valence-electron chi connectivity index (χ4n) is 2.08. The van der Waals surface area contributed by atoms with Gasteiger partial charge < -0.3 is 5.11 Å². The number of carbonyl (C=O) groups excluding carboxylic acids is 1. The van der Waals surface area contributed by atoms with Crippen molar-refractivity contribution >= 4 is 35.0 Å². The maximum atomic E-state index is 12.0. The van der Waals surface area contributed by atoms with Crippen molar-refractivity contribution in [2.24, 2.45) is 17.8 Å². The van der Waals surface area contributed by atoms with E-state index in [0.29, 0.717) is 15.6 Å². The van der Waals surface area contributed by atoms with Gasteiger partial charge in [-0.3, -0.25) is 9.59 Å². The zero-order valence-corrected chi connectivity index (χ0v) is 10.5. The molecule has 1 aliphatic carbocycles. The number of benzene rings is 1. The summed E-state index contributed by atoms with van der Waals surface area (Å²) in [6.07, 6.45) is 0. The highest BCUT2D eigenvalue weighted by molar-refractivity contribution is 6.42. The van der Waals surface area contributed by atoms with Gasteiger partial charge >= 0.3 is 5.97 Å². The van der Waals surface area contributed by atoms with Crippen molar-refractivity contribution in [2.45, 2.75) is 6.92 Å². The van der Waals surface area contributed by atoms with E-state index in [0.717, 1.165) is 0 Å². The van der Waals surface area contributed by atoms with E-state index in [2.05, 4.69) is 0 Å². The summed E-state index contributed by atoms with van der Waals surface area (Å²) >= 11 is 11.6. The quantitative estimate of drug-likeness (QED) is 0.861. The Balaban J connectivity index is 2.22. The van der Waals surface area contributed by atoms with Crippen LogP contribution in [0.5, 0.6) is 0 Å². The van der Waals surface area contributed by atoms with Crippen molar-refractivity contribution in [3.63, 3.8) is 0 Å². The van der Waals surface area contributed by atoms with Crippen molar-refractivity contribution < 1.29 is 14.7 Å². The topological polar surface area (TPSA) is 54.4 Å². The molecule has 0 aliphatic heterocycles. The van der Waals surface area contributed by atoms with Crippen molar-refractivity contribution in [2.75, 3.05) is 0 Å². The van der Waals surface area contributed by atoms with Gasteiger partial charge in [0.25, 0.3) is 0 Å². The van der Waals surface area contributed by atoms with Crippen molar-refractivity contribution in [3.8, 4) is 0 Å². The molecule has 0 saturated heterocycles. The normalized spacial score (nSPS) is 26.6. The maximum Gasteiger partial charge on any atom is 0.307 e. The van der Waals surface area contributed by atoms with Gasteiger partial charge in [-0.05, 0) is 24.1 Å². The highest BCUT2D eigenvalue weighted by atomic mass is 35.5. The number of carboxylic acids is 1. The first-order valence-corrected chi connectivity index (χ1v) is 5.91. The molecule has 1 saturated carbocycles. The fourth-order valence-corrected chi connectivity index (χ4v) is 2.38. The van der Waals surface area contributed by atoms with Crippen molar-refractivity contribution in [1.82, 2.24) is 0 Å². The van der Waals surface area contributed by atoms with Gasteiger partial charge in [-0.25, -0.2) is 0 Å². The molecular formula is C12H10Cl2O3. The molecule has 0 bridgehead atoms. The van der Waals surface area contributed by atoms with Crippen LogP contribution in [-0.2, 0) is 4.79 Å². The number of aliphatic carboxylic acids is 1. The number of ketones is 1. The lowest BCUT2D eigenvalue weighted by Crippen LogP contribution is -2.08. The van der Waals surface area contributed by atoms with Crippen LogP contribution in [-0.4, -0.2) is 16.9 Å². The molecule has 1 N–H and O–H groups in total. The van der Waals surface area contributed by atoms with E-state index >= 15 is 0 Å². The van der Waals surface area contributed by atoms with E-state index in [1.165, 1.54) is 6.07 Å². The average molecular weight is 273 g/mol. The summed E-state index contributed by atoms with van der Waals surface area (Å²) in [5.41, 5.74) is 0.417. The molecule has 1 aromatic carbocycles. The summed E-state index contributed by atoms with van der Waals surface area (Å²) in [5.74, 6) is -2.23. The smallest absolute Gasteiger partial charge is 0.307 e. The molecule has 5 heteroatoms. The largest absolute Gasteiger partial charge is 0.481 e. The third-order valence-electron chi connectivity index (χ3n) is 3.17.